The van der Waals surface area contributed by atoms with Crippen molar-refractivity contribution in [3.63, 3.8) is 0 Å². The maximum absolute atomic E-state index is 12.3. The fourth-order valence-electron chi connectivity index (χ4n) is 2.64. The van der Waals surface area contributed by atoms with Gasteiger partial charge in [0.1, 0.15) is 0 Å². The largest absolute Gasteiger partial charge is 0.349 e. The van der Waals surface area contributed by atoms with E-state index in [2.05, 4.69) is 27.3 Å². The standard InChI is InChI=1S/C17H16BrNO/c1-11(12-6-8-14(18)9-7-12)19-17(20)16-10-13-4-2-3-5-15(13)16/h2-9,11,16H,10H2,1H3,(H,19,20). The van der Waals surface area contributed by atoms with Crippen LogP contribution in [0.3, 0.4) is 0 Å². The number of amides is 1. The Morgan fingerprint density at radius 3 is 2.60 bits per heavy atom. The van der Waals surface area contributed by atoms with Crippen molar-refractivity contribution in [2.45, 2.75) is 25.3 Å². The van der Waals surface area contributed by atoms with Gasteiger partial charge in [0.05, 0.1) is 12.0 Å². The van der Waals surface area contributed by atoms with Gasteiger partial charge in [0.25, 0.3) is 0 Å². The van der Waals surface area contributed by atoms with Crippen LogP contribution in [0.1, 0.15) is 35.6 Å². The van der Waals surface area contributed by atoms with Gasteiger partial charge in [-0.2, -0.15) is 0 Å². The smallest absolute Gasteiger partial charge is 0.228 e. The van der Waals surface area contributed by atoms with Gasteiger partial charge in [-0.1, -0.05) is 52.3 Å². The van der Waals surface area contributed by atoms with Crippen molar-refractivity contribution < 1.29 is 4.79 Å². The quantitative estimate of drug-likeness (QED) is 0.907. The van der Waals surface area contributed by atoms with E-state index in [1.165, 1.54) is 11.1 Å². The van der Waals surface area contributed by atoms with Crippen LogP contribution >= 0.6 is 15.9 Å². The third kappa shape index (κ3) is 2.50. The van der Waals surface area contributed by atoms with Crippen molar-refractivity contribution >= 4 is 21.8 Å². The summed E-state index contributed by atoms with van der Waals surface area (Å²) in [4.78, 5) is 12.3. The van der Waals surface area contributed by atoms with Crippen LogP contribution in [0.2, 0.25) is 0 Å². The van der Waals surface area contributed by atoms with Crippen LogP contribution in [-0.4, -0.2) is 5.91 Å². The van der Waals surface area contributed by atoms with E-state index in [-0.39, 0.29) is 17.9 Å². The maximum atomic E-state index is 12.3. The number of halogens is 1. The average molecular weight is 330 g/mol. The summed E-state index contributed by atoms with van der Waals surface area (Å²) in [5.74, 6) is 0.142. The zero-order valence-electron chi connectivity index (χ0n) is 11.3. The molecular formula is C17H16BrNO. The summed E-state index contributed by atoms with van der Waals surface area (Å²) in [6.45, 7) is 2.02. The molecule has 1 amide bonds. The first-order valence-electron chi connectivity index (χ1n) is 6.79. The molecule has 1 aliphatic carbocycles. The second-order valence-corrected chi connectivity index (χ2v) is 6.15. The predicted molar refractivity (Wildman–Crippen MR) is 83.6 cm³/mol. The van der Waals surface area contributed by atoms with Crippen LogP contribution in [0.25, 0.3) is 0 Å². The Morgan fingerprint density at radius 2 is 1.90 bits per heavy atom. The Balaban J connectivity index is 1.67. The highest BCUT2D eigenvalue weighted by Gasteiger charge is 2.32. The molecule has 1 aliphatic rings. The lowest BCUT2D eigenvalue weighted by Gasteiger charge is -2.30. The van der Waals surface area contributed by atoms with E-state index in [1.54, 1.807) is 0 Å². The number of nitrogens with one attached hydrogen (secondary N) is 1. The minimum Gasteiger partial charge on any atom is -0.349 e. The summed E-state index contributed by atoms with van der Waals surface area (Å²) in [6.07, 6.45) is 0.856. The van der Waals surface area contributed by atoms with E-state index in [0.717, 1.165) is 16.5 Å². The van der Waals surface area contributed by atoms with Crippen molar-refractivity contribution in [3.05, 3.63) is 69.7 Å². The fraction of sp³-hybridized carbons (Fsp3) is 0.235. The second-order valence-electron chi connectivity index (χ2n) is 5.24. The molecule has 0 saturated heterocycles. The Bertz CT molecular complexity index is 636. The van der Waals surface area contributed by atoms with Crippen LogP contribution in [-0.2, 0) is 11.2 Å². The molecule has 2 aromatic rings. The van der Waals surface area contributed by atoms with Crippen LogP contribution in [0.5, 0.6) is 0 Å². The molecule has 0 fully saturated rings. The summed E-state index contributed by atoms with van der Waals surface area (Å²) >= 11 is 3.42. The minimum absolute atomic E-state index is 0.0177. The third-order valence-electron chi connectivity index (χ3n) is 3.90. The maximum Gasteiger partial charge on any atom is 0.228 e. The lowest BCUT2D eigenvalue weighted by atomic mass is 9.77. The van der Waals surface area contributed by atoms with Gasteiger partial charge in [0.2, 0.25) is 5.91 Å². The van der Waals surface area contributed by atoms with Crippen molar-refractivity contribution in [2.24, 2.45) is 0 Å². The number of carbonyl (C=O) groups excluding carboxylic acids is 1. The summed E-state index contributed by atoms with van der Waals surface area (Å²) in [6, 6.07) is 16.3. The molecule has 3 rings (SSSR count). The third-order valence-corrected chi connectivity index (χ3v) is 4.43. The predicted octanol–water partition coefficient (Wildman–Crippen LogP) is 3.97. The van der Waals surface area contributed by atoms with Gasteiger partial charge in [-0.15, -0.1) is 0 Å². The van der Waals surface area contributed by atoms with Crippen LogP contribution in [0, 0.1) is 0 Å². The van der Waals surface area contributed by atoms with Crippen LogP contribution < -0.4 is 5.32 Å². The van der Waals surface area contributed by atoms with Crippen LogP contribution in [0.15, 0.2) is 53.0 Å². The number of fused-ring (bicyclic) bond motifs is 1. The highest BCUT2D eigenvalue weighted by Crippen LogP contribution is 2.35. The Labute approximate surface area is 127 Å². The van der Waals surface area contributed by atoms with Crippen molar-refractivity contribution in [3.8, 4) is 0 Å². The number of rotatable bonds is 3. The van der Waals surface area contributed by atoms with Crippen LogP contribution in [0.4, 0.5) is 0 Å². The van der Waals surface area contributed by atoms with Crippen molar-refractivity contribution in [1.29, 1.82) is 0 Å². The van der Waals surface area contributed by atoms with Gasteiger partial charge in [0, 0.05) is 4.47 Å². The Morgan fingerprint density at radius 1 is 1.20 bits per heavy atom. The number of hydrogen-bond acceptors (Lipinski definition) is 1. The highest BCUT2D eigenvalue weighted by atomic mass is 79.9. The van der Waals surface area contributed by atoms with Gasteiger partial charge in [-0.05, 0) is 42.2 Å². The average Bonchev–Trinajstić information content (AvgIpc) is 2.41. The van der Waals surface area contributed by atoms with Gasteiger partial charge in [-0.25, -0.2) is 0 Å². The number of carbonyl (C=O) groups is 1. The number of hydrogen-bond donors (Lipinski definition) is 1. The van der Waals surface area contributed by atoms with E-state index >= 15 is 0 Å². The van der Waals surface area contributed by atoms with Gasteiger partial charge < -0.3 is 5.32 Å². The summed E-state index contributed by atoms with van der Waals surface area (Å²) < 4.78 is 1.05. The monoisotopic (exact) mass is 329 g/mol. The minimum atomic E-state index is 0.0177. The second kappa shape index (κ2) is 5.41. The Kier molecular flexibility index (Phi) is 3.62. The van der Waals surface area contributed by atoms with Crippen molar-refractivity contribution in [1.82, 2.24) is 5.32 Å². The molecule has 3 heteroatoms. The lowest BCUT2D eigenvalue weighted by Crippen LogP contribution is -2.36. The molecule has 2 aromatic carbocycles. The first-order chi connectivity index (χ1) is 9.65. The lowest BCUT2D eigenvalue weighted by molar-refractivity contribution is -0.123. The molecule has 2 nitrogen and oxygen atoms in total. The molecule has 0 heterocycles. The number of benzene rings is 2. The molecule has 0 spiro atoms. The SMILES string of the molecule is CC(NC(=O)C1Cc2ccccc21)c1ccc(Br)cc1. The van der Waals surface area contributed by atoms with E-state index in [0.29, 0.717) is 0 Å². The molecule has 0 bridgehead atoms. The summed E-state index contributed by atoms with van der Waals surface area (Å²) in [7, 11) is 0. The molecule has 1 N–H and O–H groups in total. The van der Waals surface area contributed by atoms with E-state index < -0.39 is 0 Å². The first-order valence-corrected chi connectivity index (χ1v) is 7.58. The Hall–Kier alpha value is -1.61. The summed E-state index contributed by atoms with van der Waals surface area (Å²) in [5, 5.41) is 3.10. The van der Waals surface area contributed by atoms with Gasteiger partial charge in [-0.3, -0.25) is 4.79 Å². The molecule has 20 heavy (non-hydrogen) atoms. The molecule has 0 aliphatic heterocycles. The topological polar surface area (TPSA) is 29.1 Å². The molecule has 2 atom stereocenters. The molecule has 102 valence electrons. The van der Waals surface area contributed by atoms with E-state index in [1.807, 2.05) is 49.4 Å². The normalized spacial score (nSPS) is 17.8. The molecule has 0 radical (unpaired) electrons. The zero-order chi connectivity index (χ0) is 14.1. The van der Waals surface area contributed by atoms with Crippen molar-refractivity contribution in [2.75, 3.05) is 0 Å². The van der Waals surface area contributed by atoms with Gasteiger partial charge >= 0.3 is 0 Å². The molecular weight excluding hydrogens is 314 g/mol. The first kappa shape index (κ1) is 13.4. The summed E-state index contributed by atoms with van der Waals surface area (Å²) in [5.41, 5.74) is 3.59. The molecule has 0 aromatic heterocycles. The highest BCUT2D eigenvalue weighted by molar-refractivity contribution is 9.10. The van der Waals surface area contributed by atoms with Gasteiger partial charge in [0.15, 0.2) is 0 Å². The molecule has 0 saturated carbocycles. The zero-order valence-corrected chi connectivity index (χ0v) is 12.9. The van der Waals surface area contributed by atoms with E-state index in [4.69, 9.17) is 0 Å². The molecule has 2 unspecified atom stereocenters. The van der Waals surface area contributed by atoms with E-state index in [9.17, 15) is 4.79 Å². The fourth-order valence-corrected chi connectivity index (χ4v) is 2.91.